The third-order valence-electron chi connectivity index (χ3n) is 1.91. The first-order valence-electron chi connectivity index (χ1n) is 3.83. The Morgan fingerprint density at radius 3 is 2.67 bits per heavy atom. The van der Waals surface area contributed by atoms with E-state index >= 15 is 0 Å². The lowest BCUT2D eigenvalue weighted by molar-refractivity contribution is 1.38. The van der Waals surface area contributed by atoms with Gasteiger partial charge in [-0.3, -0.25) is 0 Å². The second kappa shape index (κ2) is 3.26. The number of hydrogen-bond acceptors (Lipinski definition) is 1. The monoisotopic (exact) mass is 159 g/mol. The van der Waals surface area contributed by atoms with E-state index in [1.54, 1.807) is 6.08 Å². The van der Waals surface area contributed by atoms with Crippen molar-refractivity contribution in [3.05, 3.63) is 40.8 Å². The zero-order valence-electron chi connectivity index (χ0n) is 7.30. The van der Waals surface area contributed by atoms with Gasteiger partial charge in [0.2, 0.25) is 0 Å². The van der Waals surface area contributed by atoms with Crippen molar-refractivity contribution >= 4 is 18.3 Å². The average Bonchev–Trinajstić information content (AvgIpc) is 2.06. The summed E-state index contributed by atoms with van der Waals surface area (Å²) in [5, 5.41) is 1.96. The van der Waals surface area contributed by atoms with Crippen LogP contribution in [0.2, 0.25) is 0 Å². The standard InChI is InChI=1S/C11H13N/c1-4-5-10-9(3)8(2)6-7-11(10)12/h4-7H,1,3,12H2,2H3. The molecule has 0 bridgehead atoms. The number of benzene rings is 1. The van der Waals surface area contributed by atoms with Gasteiger partial charge in [0.05, 0.1) is 0 Å². The topological polar surface area (TPSA) is 26.0 Å². The van der Waals surface area contributed by atoms with Gasteiger partial charge < -0.3 is 5.73 Å². The van der Waals surface area contributed by atoms with E-state index in [-0.39, 0.29) is 0 Å². The Morgan fingerprint density at radius 2 is 2.08 bits per heavy atom. The molecule has 0 amide bonds. The summed E-state index contributed by atoms with van der Waals surface area (Å²) >= 11 is 0. The first-order valence-corrected chi connectivity index (χ1v) is 3.83. The maximum absolute atomic E-state index is 5.76. The van der Waals surface area contributed by atoms with Crippen LogP contribution >= 0.6 is 0 Å². The fourth-order valence-corrected chi connectivity index (χ4v) is 1.11. The molecule has 0 saturated carbocycles. The van der Waals surface area contributed by atoms with Gasteiger partial charge in [-0.25, -0.2) is 0 Å². The molecule has 0 aliphatic carbocycles. The lowest BCUT2D eigenvalue weighted by Gasteiger charge is -1.98. The summed E-state index contributed by atoms with van der Waals surface area (Å²) in [6.07, 6.45) is 3.60. The van der Waals surface area contributed by atoms with Gasteiger partial charge in [0.25, 0.3) is 0 Å². The third kappa shape index (κ3) is 1.40. The Hall–Kier alpha value is -1.50. The van der Waals surface area contributed by atoms with Gasteiger partial charge in [0.15, 0.2) is 0 Å². The van der Waals surface area contributed by atoms with Gasteiger partial charge in [0, 0.05) is 10.9 Å². The summed E-state index contributed by atoms with van der Waals surface area (Å²) in [6, 6.07) is 3.86. The fraction of sp³-hybridized carbons (Fsp3) is 0.0909. The minimum absolute atomic E-state index is 0.755. The second-order valence-corrected chi connectivity index (χ2v) is 2.77. The SMILES string of the molecule is C=CC=c1c(N)ccc(C)c1=C. The normalized spacial score (nSPS) is 11.6. The number of nitrogens with two attached hydrogens (primary N) is 1. The van der Waals surface area contributed by atoms with Crippen LogP contribution in [-0.2, 0) is 0 Å². The minimum atomic E-state index is 0.755. The van der Waals surface area contributed by atoms with Crippen LogP contribution in [0.15, 0.2) is 24.8 Å². The second-order valence-electron chi connectivity index (χ2n) is 2.77. The van der Waals surface area contributed by atoms with Crippen molar-refractivity contribution < 1.29 is 0 Å². The van der Waals surface area contributed by atoms with Crippen molar-refractivity contribution in [2.24, 2.45) is 0 Å². The molecule has 0 unspecified atom stereocenters. The lowest BCUT2D eigenvalue weighted by atomic mass is 10.1. The average molecular weight is 159 g/mol. The van der Waals surface area contributed by atoms with Crippen LogP contribution in [0, 0.1) is 6.92 Å². The van der Waals surface area contributed by atoms with Gasteiger partial charge in [-0.1, -0.05) is 31.4 Å². The summed E-state index contributed by atoms with van der Waals surface area (Å²) in [6.45, 7) is 9.59. The van der Waals surface area contributed by atoms with Crippen LogP contribution in [0.1, 0.15) is 5.56 Å². The number of anilines is 1. The van der Waals surface area contributed by atoms with E-state index in [0.717, 1.165) is 21.7 Å². The van der Waals surface area contributed by atoms with Crippen molar-refractivity contribution in [1.29, 1.82) is 0 Å². The van der Waals surface area contributed by atoms with Gasteiger partial charge in [-0.05, 0) is 23.8 Å². The Bertz CT molecular complexity index is 402. The molecule has 62 valence electrons. The maximum Gasteiger partial charge on any atom is 0.0393 e. The molecule has 1 rings (SSSR count). The van der Waals surface area contributed by atoms with Gasteiger partial charge in [0.1, 0.15) is 0 Å². The number of aryl methyl sites for hydroxylation is 1. The zero-order chi connectivity index (χ0) is 9.14. The molecule has 0 atom stereocenters. The summed E-state index contributed by atoms with van der Waals surface area (Å²) in [5.41, 5.74) is 7.66. The van der Waals surface area contributed by atoms with Crippen LogP contribution in [0.5, 0.6) is 0 Å². The van der Waals surface area contributed by atoms with Crippen molar-refractivity contribution in [3.63, 3.8) is 0 Å². The molecule has 0 aliphatic rings. The van der Waals surface area contributed by atoms with Crippen LogP contribution in [0.25, 0.3) is 12.7 Å². The smallest absolute Gasteiger partial charge is 0.0393 e. The molecule has 0 radical (unpaired) electrons. The van der Waals surface area contributed by atoms with E-state index in [4.69, 9.17) is 5.73 Å². The Morgan fingerprint density at radius 1 is 1.42 bits per heavy atom. The Kier molecular flexibility index (Phi) is 2.34. The molecular formula is C11H13N. The molecule has 2 N–H and O–H groups in total. The van der Waals surface area contributed by atoms with Crippen LogP contribution < -0.4 is 16.2 Å². The molecule has 1 aromatic rings. The number of nitrogen functional groups attached to an aromatic ring is 1. The van der Waals surface area contributed by atoms with Gasteiger partial charge >= 0.3 is 0 Å². The molecule has 0 aliphatic heterocycles. The van der Waals surface area contributed by atoms with E-state index in [1.165, 1.54) is 0 Å². The summed E-state index contributed by atoms with van der Waals surface area (Å²) in [7, 11) is 0. The molecule has 0 aromatic heterocycles. The molecule has 0 saturated heterocycles. The molecule has 0 fully saturated rings. The molecule has 0 heterocycles. The largest absolute Gasteiger partial charge is 0.398 e. The number of hydrogen-bond donors (Lipinski definition) is 1. The third-order valence-corrected chi connectivity index (χ3v) is 1.91. The molecule has 1 heteroatoms. The summed E-state index contributed by atoms with van der Waals surface area (Å²) in [4.78, 5) is 0. The lowest BCUT2D eigenvalue weighted by Crippen LogP contribution is -2.28. The van der Waals surface area contributed by atoms with E-state index in [0.29, 0.717) is 0 Å². The summed E-state index contributed by atoms with van der Waals surface area (Å²) < 4.78 is 0. The predicted molar refractivity (Wildman–Crippen MR) is 55.0 cm³/mol. The molecule has 1 aromatic carbocycles. The Labute approximate surface area is 72.5 Å². The van der Waals surface area contributed by atoms with Gasteiger partial charge in [-0.2, -0.15) is 0 Å². The minimum Gasteiger partial charge on any atom is -0.398 e. The van der Waals surface area contributed by atoms with Crippen LogP contribution in [0.3, 0.4) is 0 Å². The highest BCUT2D eigenvalue weighted by Gasteiger charge is 1.91. The van der Waals surface area contributed by atoms with Crippen molar-refractivity contribution in [2.75, 3.05) is 5.73 Å². The molecule has 12 heavy (non-hydrogen) atoms. The highest BCUT2D eigenvalue weighted by molar-refractivity contribution is 5.51. The molecule has 0 spiro atoms. The van der Waals surface area contributed by atoms with E-state index in [2.05, 4.69) is 13.2 Å². The van der Waals surface area contributed by atoms with E-state index in [1.807, 2.05) is 25.1 Å². The predicted octanol–water partition coefficient (Wildman–Crippen LogP) is 0.954. The first kappa shape index (κ1) is 8.60. The highest BCUT2D eigenvalue weighted by atomic mass is 14.5. The molecule has 1 nitrogen and oxygen atoms in total. The first-order chi connectivity index (χ1) is 5.66. The zero-order valence-corrected chi connectivity index (χ0v) is 7.30. The highest BCUT2D eigenvalue weighted by Crippen LogP contribution is 1.92. The van der Waals surface area contributed by atoms with E-state index in [9.17, 15) is 0 Å². The van der Waals surface area contributed by atoms with Gasteiger partial charge in [-0.15, -0.1) is 0 Å². The molecular weight excluding hydrogens is 146 g/mol. The van der Waals surface area contributed by atoms with E-state index < -0.39 is 0 Å². The van der Waals surface area contributed by atoms with Crippen molar-refractivity contribution in [2.45, 2.75) is 6.92 Å². The summed E-state index contributed by atoms with van der Waals surface area (Å²) in [5.74, 6) is 0. The van der Waals surface area contributed by atoms with Crippen LogP contribution in [-0.4, -0.2) is 0 Å². The van der Waals surface area contributed by atoms with Crippen molar-refractivity contribution in [3.8, 4) is 0 Å². The quantitative estimate of drug-likeness (QED) is 0.607. The van der Waals surface area contributed by atoms with Crippen molar-refractivity contribution in [1.82, 2.24) is 0 Å². The number of rotatable bonds is 1. The Balaban J connectivity index is 3.66. The maximum atomic E-state index is 5.76. The fourth-order valence-electron chi connectivity index (χ4n) is 1.11. The van der Waals surface area contributed by atoms with Crippen LogP contribution in [0.4, 0.5) is 5.69 Å². The number of allylic oxidation sites excluding steroid dienone is 1.